The van der Waals surface area contributed by atoms with Crippen LogP contribution in [0.4, 0.5) is 0 Å². The number of hydrogen-bond acceptors (Lipinski definition) is 1. The summed E-state index contributed by atoms with van der Waals surface area (Å²) < 4.78 is 0. The maximum Gasteiger partial charge on any atom is 0.136 e. The number of carbonyl (C=O) groups excluding carboxylic acids is 1. The van der Waals surface area contributed by atoms with Crippen LogP contribution in [-0.4, -0.2) is 11.2 Å². The van der Waals surface area contributed by atoms with E-state index >= 15 is 0 Å². The molecule has 4 aliphatic rings. The lowest BCUT2D eigenvalue weighted by Gasteiger charge is -2.60. The third-order valence-electron chi connectivity index (χ3n) is 10.6. The largest absolute Gasteiger partial charge is 0.299 e. The van der Waals surface area contributed by atoms with Crippen LogP contribution in [0.3, 0.4) is 0 Å². The summed E-state index contributed by atoms with van der Waals surface area (Å²) in [6, 6.07) is 0. The predicted octanol–water partition coefficient (Wildman–Crippen LogP) is 7.89. The fraction of sp³-hybridized carbons (Fsp3) is 0.963. The molecule has 0 aromatic rings. The minimum Gasteiger partial charge on any atom is -0.299 e. The van der Waals surface area contributed by atoms with Crippen LogP contribution in [0.25, 0.3) is 0 Å². The van der Waals surface area contributed by atoms with Gasteiger partial charge < -0.3 is 0 Å². The molecule has 9 atom stereocenters. The molecule has 0 radical (unpaired) electrons. The second kappa shape index (κ2) is 8.14. The van der Waals surface area contributed by atoms with E-state index in [4.69, 9.17) is 11.6 Å². The van der Waals surface area contributed by atoms with E-state index in [9.17, 15) is 4.79 Å². The van der Waals surface area contributed by atoms with Gasteiger partial charge in [0, 0.05) is 17.7 Å². The van der Waals surface area contributed by atoms with Crippen LogP contribution in [0.5, 0.6) is 0 Å². The van der Waals surface area contributed by atoms with Crippen molar-refractivity contribution in [2.75, 3.05) is 0 Å². The number of ketones is 1. The van der Waals surface area contributed by atoms with E-state index < -0.39 is 0 Å². The highest BCUT2D eigenvalue weighted by Gasteiger charge is 2.62. The number of rotatable bonds is 5. The maximum absolute atomic E-state index is 13.5. The quantitative estimate of drug-likeness (QED) is 0.413. The zero-order chi connectivity index (χ0) is 21.0. The molecule has 0 aromatic heterocycles. The first-order valence-electron chi connectivity index (χ1n) is 12.8. The molecular weight excluding hydrogens is 376 g/mol. The van der Waals surface area contributed by atoms with Crippen LogP contribution in [0, 0.1) is 52.3 Å². The lowest BCUT2D eigenvalue weighted by atomic mass is 9.44. The Morgan fingerprint density at radius 3 is 2.38 bits per heavy atom. The van der Waals surface area contributed by atoms with Crippen molar-refractivity contribution >= 4 is 17.4 Å². The Bertz CT molecular complexity index is 614. The van der Waals surface area contributed by atoms with Crippen LogP contribution < -0.4 is 0 Å². The van der Waals surface area contributed by atoms with E-state index in [1.54, 1.807) is 0 Å². The summed E-state index contributed by atoms with van der Waals surface area (Å²) in [7, 11) is 0. The van der Waals surface area contributed by atoms with Gasteiger partial charge in [-0.25, -0.2) is 0 Å². The number of hydrogen-bond donors (Lipinski definition) is 0. The second-order valence-corrected chi connectivity index (χ2v) is 13.1. The fourth-order valence-corrected chi connectivity index (χ4v) is 9.23. The molecule has 0 amide bonds. The minimum absolute atomic E-state index is 0.300. The van der Waals surface area contributed by atoms with Gasteiger partial charge in [0.2, 0.25) is 0 Å². The summed E-state index contributed by atoms with van der Waals surface area (Å²) in [6.07, 6.45) is 13.7. The first kappa shape index (κ1) is 22.2. The summed E-state index contributed by atoms with van der Waals surface area (Å²) in [5, 5.41) is 0.300. The van der Waals surface area contributed by atoms with Gasteiger partial charge in [-0.2, -0.15) is 0 Å². The van der Waals surface area contributed by atoms with Gasteiger partial charge in [-0.05, 0) is 91.3 Å². The van der Waals surface area contributed by atoms with Gasteiger partial charge in [0.1, 0.15) is 5.78 Å². The molecule has 4 fully saturated rings. The van der Waals surface area contributed by atoms with Crippen LogP contribution in [0.2, 0.25) is 0 Å². The molecule has 0 heterocycles. The van der Waals surface area contributed by atoms with Gasteiger partial charge in [0.25, 0.3) is 0 Å². The zero-order valence-corrected chi connectivity index (χ0v) is 20.4. The van der Waals surface area contributed by atoms with E-state index in [2.05, 4.69) is 34.6 Å². The van der Waals surface area contributed by atoms with Crippen molar-refractivity contribution in [2.45, 2.75) is 111 Å². The lowest BCUT2D eigenvalue weighted by molar-refractivity contribution is -0.156. The molecule has 0 N–H and O–H groups in total. The Balaban J connectivity index is 1.51. The number of alkyl halides is 1. The normalized spacial score (nSPS) is 48.2. The Kier molecular flexibility index (Phi) is 6.22. The molecule has 1 nitrogen and oxygen atoms in total. The molecule has 0 saturated heterocycles. The smallest absolute Gasteiger partial charge is 0.136 e. The molecule has 4 rings (SSSR count). The summed E-state index contributed by atoms with van der Waals surface area (Å²) >= 11 is 6.54. The highest BCUT2D eigenvalue weighted by Crippen LogP contribution is 2.67. The third kappa shape index (κ3) is 3.74. The summed E-state index contributed by atoms with van der Waals surface area (Å²) in [5.74, 6) is 5.27. The SMILES string of the molecule is CC(C)CCC[C@@H](C)[C@@H]1CC[C@@H]2[C@@H]3C(=O)C[C@H]4C[C@H](Cl)CC[C@]4(C)[C@H]3CC[C@@]21C. The molecule has 4 aliphatic carbocycles. The monoisotopic (exact) mass is 420 g/mol. The molecule has 0 aromatic carbocycles. The topological polar surface area (TPSA) is 17.1 Å². The van der Waals surface area contributed by atoms with Gasteiger partial charge >= 0.3 is 0 Å². The maximum atomic E-state index is 13.5. The molecule has 0 unspecified atom stereocenters. The summed E-state index contributed by atoms with van der Waals surface area (Å²) in [4.78, 5) is 13.5. The van der Waals surface area contributed by atoms with Crippen molar-refractivity contribution in [1.29, 1.82) is 0 Å². The molecule has 4 saturated carbocycles. The molecule has 0 spiro atoms. The van der Waals surface area contributed by atoms with Crippen molar-refractivity contribution in [3.05, 3.63) is 0 Å². The summed E-state index contributed by atoms with van der Waals surface area (Å²) in [5.41, 5.74) is 0.771. The Morgan fingerprint density at radius 1 is 0.966 bits per heavy atom. The molecule has 0 aliphatic heterocycles. The number of carbonyl (C=O) groups is 1. The fourth-order valence-electron chi connectivity index (χ4n) is 8.90. The van der Waals surface area contributed by atoms with Crippen LogP contribution in [-0.2, 0) is 4.79 Å². The van der Waals surface area contributed by atoms with Crippen molar-refractivity contribution in [2.24, 2.45) is 52.3 Å². The first-order chi connectivity index (χ1) is 13.7. The van der Waals surface area contributed by atoms with Crippen molar-refractivity contribution in [3.63, 3.8) is 0 Å². The number of Topliss-reactive ketones (excluding diaryl/α,β-unsaturated/α-hetero) is 1. The third-order valence-corrected chi connectivity index (χ3v) is 11.0. The average Bonchev–Trinajstić information content (AvgIpc) is 3.00. The lowest BCUT2D eigenvalue weighted by Crippen LogP contribution is -2.57. The van der Waals surface area contributed by atoms with Gasteiger partial charge in [-0.3, -0.25) is 4.79 Å². The van der Waals surface area contributed by atoms with Gasteiger partial charge in [0.05, 0.1) is 0 Å². The Morgan fingerprint density at radius 2 is 1.66 bits per heavy atom. The zero-order valence-electron chi connectivity index (χ0n) is 19.7. The molecule has 2 heteroatoms. The van der Waals surface area contributed by atoms with Crippen molar-refractivity contribution < 1.29 is 4.79 Å². The summed E-state index contributed by atoms with van der Waals surface area (Å²) in [6.45, 7) is 12.3. The highest BCUT2D eigenvalue weighted by atomic mass is 35.5. The molecule has 29 heavy (non-hydrogen) atoms. The van der Waals surface area contributed by atoms with Crippen LogP contribution >= 0.6 is 11.6 Å². The van der Waals surface area contributed by atoms with Crippen LogP contribution in [0.15, 0.2) is 0 Å². The average molecular weight is 421 g/mol. The van der Waals surface area contributed by atoms with Crippen LogP contribution in [0.1, 0.15) is 105 Å². The van der Waals surface area contributed by atoms with E-state index in [1.165, 1.54) is 51.4 Å². The van der Waals surface area contributed by atoms with E-state index in [0.29, 0.717) is 45.7 Å². The predicted molar refractivity (Wildman–Crippen MR) is 123 cm³/mol. The minimum atomic E-state index is 0.300. The van der Waals surface area contributed by atoms with Gasteiger partial charge in [-0.1, -0.05) is 53.9 Å². The van der Waals surface area contributed by atoms with Gasteiger partial charge in [0.15, 0.2) is 0 Å². The Hall–Kier alpha value is -0.0400. The molecule has 0 bridgehead atoms. The van der Waals surface area contributed by atoms with E-state index in [1.807, 2.05) is 0 Å². The number of halogens is 1. The number of fused-ring (bicyclic) bond motifs is 5. The van der Waals surface area contributed by atoms with Gasteiger partial charge in [-0.15, -0.1) is 11.6 Å². The first-order valence-corrected chi connectivity index (χ1v) is 13.3. The highest BCUT2D eigenvalue weighted by molar-refractivity contribution is 6.20. The Labute approximate surface area is 185 Å². The molecule has 166 valence electrons. The second-order valence-electron chi connectivity index (χ2n) is 12.5. The molecular formula is C27H45ClO. The van der Waals surface area contributed by atoms with E-state index in [-0.39, 0.29) is 0 Å². The standard InChI is InChI=1S/C27H45ClO/c1-17(2)7-6-8-18(3)21-9-10-22-25-23(12-14-27(21,22)5)26(4)13-11-20(28)15-19(26)16-24(25)29/h17-23,25H,6-16H2,1-5H3/t18-,19-,20-,21+,22-,23+,25+,26+,27-/m1/s1. The van der Waals surface area contributed by atoms with Crippen molar-refractivity contribution in [1.82, 2.24) is 0 Å². The van der Waals surface area contributed by atoms with E-state index in [0.717, 1.165) is 37.0 Å². The van der Waals surface area contributed by atoms with Crippen molar-refractivity contribution in [3.8, 4) is 0 Å².